The van der Waals surface area contributed by atoms with E-state index in [1.807, 2.05) is 0 Å². The molecule has 86 valence electrons. The first-order valence-electron chi connectivity index (χ1n) is 4.23. The van der Waals surface area contributed by atoms with Crippen molar-refractivity contribution < 1.29 is 9.84 Å². The number of rotatable bonds is 3. The van der Waals surface area contributed by atoms with Crippen LogP contribution in [0.25, 0.3) is 0 Å². The van der Waals surface area contributed by atoms with Crippen LogP contribution in [0.4, 0.5) is 0 Å². The van der Waals surface area contributed by atoms with Crippen LogP contribution < -0.4 is 16.2 Å². The molecule has 0 aliphatic heterocycles. The van der Waals surface area contributed by atoms with Gasteiger partial charge in [0.2, 0.25) is 5.96 Å². The van der Waals surface area contributed by atoms with Gasteiger partial charge in [-0.05, 0) is 33.6 Å². The second kappa shape index (κ2) is 5.36. The minimum Gasteiger partial charge on any atom is -0.503 e. The van der Waals surface area contributed by atoms with Gasteiger partial charge in [0, 0.05) is 0 Å². The van der Waals surface area contributed by atoms with Crippen LogP contribution in [0.2, 0.25) is 0 Å². The van der Waals surface area contributed by atoms with Gasteiger partial charge in [-0.3, -0.25) is 0 Å². The Bertz CT molecular complexity index is 441. The van der Waals surface area contributed by atoms with Crippen LogP contribution in [0.15, 0.2) is 26.8 Å². The number of benzene rings is 1. The molecule has 0 aromatic heterocycles. The average Bonchev–Trinajstić information content (AvgIpc) is 2.22. The molecule has 16 heavy (non-hydrogen) atoms. The fourth-order valence-corrected chi connectivity index (χ4v) is 1.45. The van der Waals surface area contributed by atoms with Gasteiger partial charge in [0.05, 0.1) is 17.8 Å². The number of phenols is 1. The number of halogens is 1. The second-order valence-corrected chi connectivity index (χ2v) is 3.68. The molecular weight excluding hydrogens is 276 g/mol. The molecule has 1 aromatic rings. The van der Waals surface area contributed by atoms with E-state index in [-0.39, 0.29) is 11.7 Å². The Labute approximate surface area is 101 Å². The molecule has 0 unspecified atom stereocenters. The van der Waals surface area contributed by atoms with Gasteiger partial charge in [-0.25, -0.2) is 0 Å². The molecule has 0 aliphatic rings. The summed E-state index contributed by atoms with van der Waals surface area (Å²) in [5.41, 5.74) is 10.9. The highest BCUT2D eigenvalue weighted by Crippen LogP contribution is 2.34. The van der Waals surface area contributed by atoms with Crippen molar-refractivity contribution in [2.24, 2.45) is 21.7 Å². The van der Waals surface area contributed by atoms with Crippen molar-refractivity contribution >= 4 is 28.1 Å². The monoisotopic (exact) mass is 286 g/mol. The van der Waals surface area contributed by atoms with E-state index in [1.165, 1.54) is 13.3 Å². The summed E-state index contributed by atoms with van der Waals surface area (Å²) in [5, 5.41) is 16.6. The van der Waals surface area contributed by atoms with Crippen molar-refractivity contribution in [3.05, 3.63) is 22.2 Å². The zero-order valence-corrected chi connectivity index (χ0v) is 10.1. The normalized spacial score (nSPS) is 10.4. The largest absolute Gasteiger partial charge is 0.503 e. The van der Waals surface area contributed by atoms with Gasteiger partial charge < -0.3 is 21.3 Å². The minimum atomic E-state index is -0.124. The molecule has 0 spiro atoms. The maximum absolute atomic E-state index is 9.55. The topological polar surface area (TPSA) is 106 Å². The first kappa shape index (κ1) is 12.3. The maximum atomic E-state index is 9.55. The Hall–Kier alpha value is -1.76. The Morgan fingerprint density at radius 1 is 1.50 bits per heavy atom. The van der Waals surface area contributed by atoms with E-state index >= 15 is 0 Å². The summed E-state index contributed by atoms with van der Waals surface area (Å²) in [6.07, 6.45) is 1.44. The van der Waals surface area contributed by atoms with E-state index in [0.29, 0.717) is 15.8 Å². The second-order valence-electron chi connectivity index (χ2n) is 2.82. The Morgan fingerprint density at radius 2 is 2.19 bits per heavy atom. The quantitative estimate of drug-likeness (QED) is 0.433. The van der Waals surface area contributed by atoms with Crippen LogP contribution in [0, 0.1) is 0 Å². The minimum absolute atomic E-state index is 0.0292. The van der Waals surface area contributed by atoms with E-state index < -0.39 is 0 Å². The summed E-state index contributed by atoms with van der Waals surface area (Å²) >= 11 is 3.18. The summed E-state index contributed by atoms with van der Waals surface area (Å²) in [5.74, 6) is 0.239. The number of aromatic hydroxyl groups is 1. The summed E-state index contributed by atoms with van der Waals surface area (Å²) < 4.78 is 5.47. The predicted molar refractivity (Wildman–Crippen MR) is 65.8 cm³/mol. The van der Waals surface area contributed by atoms with E-state index in [1.54, 1.807) is 12.1 Å². The van der Waals surface area contributed by atoms with Crippen LogP contribution in [0.3, 0.4) is 0 Å². The molecule has 1 rings (SSSR count). The maximum Gasteiger partial charge on any atom is 0.211 e. The summed E-state index contributed by atoms with van der Waals surface area (Å²) in [6, 6.07) is 3.26. The predicted octanol–water partition coefficient (Wildman–Crippen LogP) is 0.771. The number of nitrogens with two attached hydrogens (primary N) is 2. The van der Waals surface area contributed by atoms with Gasteiger partial charge in [-0.1, -0.05) is 0 Å². The zero-order chi connectivity index (χ0) is 12.1. The fourth-order valence-electron chi connectivity index (χ4n) is 0.986. The molecule has 5 N–H and O–H groups in total. The number of phenolic OH excluding ortho intramolecular Hbond substituents is 1. The molecule has 0 bridgehead atoms. The van der Waals surface area contributed by atoms with Crippen LogP contribution in [0.5, 0.6) is 11.5 Å². The highest BCUT2D eigenvalue weighted by molar-refractivity contribution is 9.10. The number of hydrogen-bond donors (Lipinski definition) is 3. The number of hydrogen-bond acceptors (Lipinski definition) is 4. The SMILES string of the molecule is COc1cc(/C=N/N=C(N)N)cc(Br)c1O. The Balaban J connectivity index is 3.03. The molecule has 0 aliphatic carbocycles. The standard InChI is InChI=1S/C9H11BrN4O2/c1-16-7-3-5(2-6(10)8(7)15)4-13-14-9(11)12/h2-4,15H,1H3,(H4,11,12,14)/b13-4+. The molecule has 1 aromatic carbocycles. The third-order valence-electron chi connectivity index (χ3n) is 1.65. The molecule has 0 saturated carbocycles. The van der Waals surface area contributed by atoms with Gasteiger partial charge in [0.1, 0.15) is 0 Å². The molecule has 0 radical (unpaired) electrons. The molecule has 0 amide bonds. The number of ether oxygens (including phenoxy) is 1. The molecule has 0 saturated heterocycles. The third-order valence-corrected chi connectivity index (χ3v) is 2.26. The van der Waals surface area contributed by atoms with Gasteiger partial charge in [-0.15, -0.1) is 5.10 Å². The third kappa shape index (κ3) is 3.13. The lowest BCUT2D eigenvalue weighted by atomic mass is 10.2. The first-order valence-corrected chi connectivity index (χ1v) is 5.02. The first-order chi connectivity index (χ1) is 7.54. The molecule has 6 nitrogen and oxygen atoms in total. The van der Waals surface area contributed by atoms with Gasteiger partial charge in [-0.2, -0.15) is 5.10 Å². The molecule has 0 atom stereocenters. The van der Waals surface area contributed by atoms with E-state index in [2.05, 4.69) is 26.1 Å². The van der Waals surface area contributed by atoms with Crippen LogP contribution in [-0.2, 0) is 0 Å². The lowest BCUT2D eigenvalue weighted by Crippen LogP contribution is -2.21. The number of nitrogens with zero attached hydrogens (tertiary/aromatic N) is 2. The summed E-state index contributed by atoms with van der Waals surface area (Å²) in [4.78, 5) is 0. The van der Waals surface area contributed by atoms with Gasteiger partial charge in [0.15, 0.2) is 11.5 Å². The van der Waals surface area contributed by atoms with E-state index in [9.17, 15) is 5.11 Å². The van der Waals surface area contributed by atoms with Crippen molar-refractivity contribution in [3.63, 3.8) is 0 Å². The lowest BCUT2D eigenvalue weighted by Gasteiger charge is -2.05. The van der Waals surface area contributed by atoms with Gasteiger partial charge in [0.25, 0.3) is 0 Å². The van der Waals surface area contributed by atoms with Crippen LogP contribution >= 0.6 is 15.9 Å². The number of guanidine groups is 1. The van der Waals surface area contributed by atoms with Crippen molar-refractivity contribution in [1.29, 1.82) is 0 Å². The van der Waals surface area contributed by atoms with E-state index in [4.69, 9.17) is 16.2 Å². The smallest absolute Gasteiger partial charge is 0.211 e. The molecule has 7 heteroatoms. The van der Waals surface area contributed by atoms with Crippen LogP contribution in [-0.4, -0.2) is 24.4 Å². The summed E-state index contributed by atoms with van der Waals surface area (Å²) in [7, 11) is 1.46. The van der Waals surface area contributed by atoms with Crippen molar-refractivity contribution in [2.45, 2.75) is 0 Å². The molecule has 0 fully saturated rings. The summed E-state index contributed by atoms with van der Waals surface area (Å²) in [6.45, 7) is 0. The molecular formula is C9H11BrN4O2. The van der Waals surface area contributed by atoms with Crippen LogP contribution in [0.1, 0.15) is 5.56 Å². The van der Waals surface area contributed by atoms with Crippen molar-refractivity contribution in [1.82, 2.24) is 0 Å². The lowest BCUT2D eigenvalue weighted by molar-refractivity contribution is 0.372. The van der Waals surface area contributed by atoms with E-state index in [0.717, 1.165) is 0 Å². The molecule has 0 heterocycles. The zero-order valence-electron chi connectivity index (χ0n) is 8.51. The Kier molecular flexibility index (Phi) is 4.12. The average molecular weight is 287 g/mol. The van der Waals surface area contributed by atoms with Crippen molar-refractivity contribution in [3.8, 4) is 11.5 Å². The van der Waals surface area contributed by atoms with Crippen molar-refractivity contribution in [2.75, 3.05) is 7.11 Å². The highest BCUT2D eigenvalue weighted by Gasteiger charge is 2.07. The highest BCUT2D eigenvalue weighted by atomic mass is 79.9. The Morgan fingerprint density at radius 3 is 2.75 bits per heavy atom. The number of methoxy groups -OCH3 is 1. The van der Waals surface area contributed by atoms with Gasteiger partial charge >= 0.3 is 0 Å². The fraction of sp³-hybridized carbons (Fsp3) is 0.111.